The summed E-state index contributed by atoms with van der Waals surface area (Å²) in [5, 5.41) is 0. The van der Waals surface area contributed by atoms with Crippen LogP contribution in [-0.2, 0) is 9.53 Å². The number of hydrogen-bond donors (Lipinski definition) is 0. The van der Waals surface area contributed by atoms with Gasteiger partial charge in [0, 0.05) is 18.0 Å². The van der Waals surface area contributed by atoms with Crippen molar-refractivity contribution < 1.29 is 14.3 Å². The van der Waals surface area contributed by atoms with Gasteiger partial charge in [-0.2, -0.15) is 0 Å². The molecule has 0 radical (unpaired) electrons. The van der Waals surface area contributed by atoms with Crippen molar-refractivity contribution in [2.75, 3.05) is 7.11 Å². The minimum absolute atomic E-state index is 0.00366. The van der Waals surface area contributed by atoms with Crippen molar-refractivity contribution in [3.63, 3.8) is 0 Å². The van der Waals surface area contributed by atoms with E-state index in [9.17, 15) is 9.59 Å². The molecule has 0 aliphatic heterocycles. The molecule has 0 fully saturated rings. The van der Waals surface area contributed by atoms with Crippen LogP contribution in [0.4, 0.5) is 0 Å². The number of aldehydes is 1. The summed E-state index contributed by atoms with van der Waals surface area (Å²) in [5.74, 6) is 4.88. The number of rotatable bonds is 2. The summed E-state index contributed by atoms with van der Waals surface area (Å²) in [6.07, 6.45) is 3.69. The molecule has 1 rings (SSSR count). The Morgan fingerprint density at radius 3 is 3.13 bits per heavy atom. The number of methoxy groups -OCH3 is 1. The molecule has 0 aromatic carbocycles. The number of esters is 1. The Morgan fingerprint density at radius 2 is 2.47 bits per heavy atom. The van der Waals surface area contributed by atoms with E-state index in [0.29, 0.717) is 17.4 Å². The second-order valence-corrected chi connectivity index (χ2v) is 2.64. The molecule has 1 heterocycles. The third-order valence-corrected chi connectivity index (χ3v) is 1.67. The van der Waals surface area contributed by atoms with Crippen LogP contribution in [-0.4, -0.2) is 24.3 Å². The lowest BCUT2D eigenvalue weighted by atomic mass is 10.1. The monoisotopic (exact) mass is 203 g/mol. The van der Waals surface area contributed by atoms with Gasteiger partial charge in [0.25, 0.3) is 0 Å². The van der Waals surface area contributed by atoms with Crippen LogP contribution in [0.15, 0.2) is 18.5 Å². The number of carbonyl (C=O) groups excluding carboxylic acids is 2. The maximum Gasteiger partial charge on any atom is 0.317 e. The number of nitrogens with zero attached hydrogens (tertiary/aromatic N) is 1. The van der Waals surface area contributed by atoms with Gasteiger partial charge in [0.2, 0.25) is 0 Å². The van der Waals surface area contributed by atoms with Crippen LogP contribution in [0.2, 0.25) is 0 Å². The van der Waals surface area contributed by atoms with Crippen molar-refractivity contribution in [3.8, 4) is 11.8 Å². The van der Waals surface area contributed by atoms with E-state index in [1.807, 2.05) is 0 Å². The molecular weight excluding hydrogens is 194 g/mol. The van der Waals surface area contributed by atoms with Crippen LogP contribution in [0, 0.1) is 11.8 Å². The van der Waals surface area contributed by atoms with Crippen molar-refractivity contribution in [2.24, 2.45) is 0 Å². The normalized spacial score (nSPS) is 8.60. The Labute approximate surface area is 87.3 Å². The third kappa shape index (κ3) is 3.24. The molecule has 4 nitrogen and oxygen atoms in total. The highest BCUT2D eigenvalue weighted by atomic mass is 16.5. The third-order valence-electron chi connectivity index (χ3n) is 1.67. The minimum Gasteiger partial charge on any atom is -0.468 e. The summed E-state index contributed by atoms with van der Waals surface area (Å²) in [7, 11) is 1.30. The summed E-state index contributed by atoms with van der Waals surface area (Å²) >= 11 is 0. The molecular formula is C11H9NO3. The smallest absolute Gasteiger partial charge is 0.317 e. The molecule has 0 aliphatic carbocycles. The van der Waals surface area contributed by atoms with Gasteiger partial charge >= 0.3 is 5.97 Å². The predicted octanol–water partition coefficient (Wildman–Crippen LogP) is 0.809. The number of aromatic nitrogens is 1. The maximum atomic E-state index is 10.7. The van der Waals surface area contributed by atoms with Crippen molar-refractivity contribution in [2.45, 2.75) is 6.42 Å². The molecule has 76 valence electrons. The molecule has 1 aromatic rings. The van der Waals surface area contributed by atoms with E-state index in [-0.39, 0.29) is 6.42 Å². The van der Waals surface area contributed by atoms with Crippen LogP contribution in [0.5, 0.6) is 0 Å². The molecule has 0 saturated carbocycles. The van der Waals surface area contributed by atoms with Crippen LogP contribution in [0.1, 0.15) is 22.3 Å². The molecule has 0 unspecified atom stereocenters. The van der Waals surface area contributed by atoms with E-state index in [2.05, 4.69) is 21.6 Å². The highest BCUT2D eigenvalue weighted by Crippen LogP contribution is 2.01. The topological polar surface area (TPSA) is 56.3 Å². The van der Waals surface area contributed by atoms with Gasteiger partial charge in [0.05, 0.1) is 12.7 Å². The summed E-state index contributed by atoms with van der Waals surface area (Å²) in [4.78, 5) is 25.2. The molecule has 15 heavy (non-hydrogen) atoms. The lowest BCUT2D eigenvalue weighted by Crippen LogP contribution is -1.97. The Morgan fingerprint density at radius 1 is 1.67 bits per heavy atom. The quantitative estimate of drug-likeness (QED) is 0.405. The first-order valence-electron chi connectivity index (χ1n) is 4.23. The fourth-order valence-corrected chi connectivity index (χ4v) is 0.896. The largest absolute Gasteiger partial charge is 0.468 e. The average Bonchev–Trinajstić information content (AvgIpc) is 2.29. The fraction of sp³-hybridized carbons (Fsp3) is 0.182. The molecule has 0 aliphatic rings. The van der Waals surface area contributed by atoms with E-state index in [1.165, 1.54) is 19.5 Å². The predicted molar refractivity (Wildman–Crippen MR) is 53.1 cm³/mol. The molecule has 1 aromatic heterocycles. The summed E-state index contributed by atoms with van der Waals surface area (Å²) in [6, 6.07) is 1.56. The van der Waals surface area contributed by atoms with Crippen molar-refractivity contribution in [1.29, 1.82) is 0 Å². The molecule has 0 saturated heterocycles. The molecule has 0 amide bonds. The van der Waals surface area contributed by atoms with Crippen molar-refractivity contribution >= 4 is 12.3 Å². The van der Waals surface area contributed by atoms with Crippen LogP contribution in [0.25, 0.3) is 0 Å². The zero-order chi connectivity index (χ0) is 11.1. The lowest BCUT2D eigenvalue weighted by Gasteiger charge is -1.93. The maximum absolute atomic E-state index is 10.7. The van der Waals surface area contributed by atoms with Gasteiger partial charge in [-0.15, -0.1) is 0 Å². The first-order valence-corrected chi connectivity index (χ1v) is 4.23. The number of pyridine rings is 1. The number of ether oxygens (including phenoxy) is 1. The van der Waals surface area contributed by atoms with Crippen LogP contribution >= 0.6 is 0 Å². The molecule has 0 N–H and O–H groups in total. The first kappa shape index (κ1) is 10.9. The fourth-order valence-electron chi connectivity index (χ4n) is 0.896. The van der Waals surface area contributed by atoms with E-state index in [0.717, 1.165) is 0 Å². The van der Waals surface area contributed by atoms with Gasteiger partial charge in [-0.25, -0.2) is 0 Å². The Balaban J connectivity index is 2.79. The Bertz CT molecular complexity index is 429. The molecule has 4 heteroatoms. The second kappa shape index (κ2) is 5.55. The average molecular weight is 203 g/mol. The SMILES string of the molecule is COC(=O)CC#Cc1cnccc1C=O. The zero-order valence-electron chi connectivity index (χ0n) is 8.19. The van der Waals surface area contributed by atoms with Gasteiger partial charge < -0.3 is 4.74 Å². The summed E-state index contributed by atoms with van der Waals surface area (Å²) in [6.45, 7) is 0. The van der Waals surface area contributed by atoms with Gasteiger partial charge in [0.1, 0.15) is 6.42 Å². The van der Waals surface area contributed by atoms with Crippen molar-refractivity contribution in [1.82, 2.24) is 4.98 Å². The number of hydrogen-bond acceptors (Lipinski definition) is 4. The molecule has 0 bridgehead atoms. The number of carbonyl (C=O) groups is 2. The van der Waals surface area contributed by atoms with E-state index in [4.69, 9.17) is 0 Å². The highest BCUT2D eigenvalue weighted by Gasteiger charge is 1.97. The van der Waals surface area contributed by atoms with Gasteiger partial charge in [-0.3, -0.25) is 14.6 Å². The first-order chi connectivity index (χ1) is 7.27. The highest BCUT2D eigenvalue weighted by molar-refractivity contribution is 5.79. The summed E-state index contributed by atoms with van der Waals surface area (Å²) < 4.78 is 4.42. The Kier molecular flexibility index (Phi) is 4.05. The van der Waals surface area contributed by atoms with Crippen LogP contribution in [0.3, 0.4) is 0 Å². The van der Waals surface area contributed by atoms with E-state index >= 15 is 0 Å². The minimum atomic E-state index is -0.404. The van der Waals surface area contributed by atoms with Gasteiger partial charge in [-0.1, -0.05) is 11.8 Å². The summed E-state index contributed by atoms with van der Waals surface area (Å²) in [5.41, 5.74) is 0.971. The molecule has 0 atom stereocenters. The van der Waals surface area contributed by atoms with Gasteiger partial charge in [0.15, 0.2) is 6.29 Å². The van der Waals surface area contributed by atoms with E-state index < -0.39 is 5.97 Å². The lowest BCUT2D eigenvalue weighted by molar-refractivity contribution is -0.139. The Hall–Kier alpha value is -2.15. The molecule has 0 spiro atoms. The standard InChI is InChI=1S/C11H9NO3/c1-15-11(14)4-2-3-9-7-12-6-5-10(9)8-13/h5-8H,4H2,1H3. The van der Waals surface area contributed by atoms with Crippen LogP contribution < -0.4 is 0 Å². The zero-order valence-corrected chi connectivity index (χ0v) is 8.19. The van der Waals surface area contributed by atoms with Crippen molar-refractivity contribution in [3.05, 3.63) is 29.6 Å². The van der Waals surface area contributed by atoms with E-state index in [1.54, 1.807) is 6.07 Å². The van der Waals surface area contributed by atoms with Gasteiger partial charge in [-0.05, 0) is 6.07 Å². The second-order valence-electron chi connectivity index (χ2n) is 2.64.